The molecule has 2 nitrogen and oxygen atoms in total. The number of anilines is 1. The Morgan fingerprint density at radius 1 is 1.16 bits per heavy atom. The van der Waals surface area contributed by atoms with Crippen LogP contribution < -0.4 is 10.1 Å². The molecule has 0 spiro atoms. The lowest BCUT2D eigenvalue weighted by Gasteiger charge is -2.28. The zero-order chi connectivity index (χ0) is 13.4. The van der Waals surface area contributed by atoms with Crippen LogP contribution in [0, 0.1) is 13.8 Å². The third-order valence-corrected chi connectivity index (χ3v) is 3.91. The average molecular weight is 274 g/mol. The second kappa shape index (κ2) is 4.78. The number of hydrogen-bond donors (Lipinski definition) is 1. The number of aryl methyl sites for hydroxylation is 2. The summed E-state index contributed by atoms with van der Waals surface area (Å²) >= 11 is 6.19. The molecule has 0 saturated heterocycles. The van der Waals surface area contributed by atoms with Crippen LogP contribution in [0.4, 0.5) is 5.69 Å². The Morgan fingerprint density at radius 3 is 2.79 bits per heavy atom. The molecule has 1 aliphatic rings. The van der Waals surface area contributed by atoms with Crippen LogP contribution >= 0.6 is 11.6 Å². The van der Waals surface area contributed by atoms with Crippen molar-refractivity contribution < 1.29 is 4.74 Å². The minimum Gasteiger partial charge on any atom is -0.480 e. The largest absolute Gasteiger partial charge is 0.480 e. The van der Waals surface area contributed by atoms with Crippen molar-refractivity contribution in [2.24, 2.45) is 0 Å². The summed E-state index contributed by atoms with van der Waals surface area (Å²) in [5.41, 5.74) is 4.73. The zero-order valence-corrected chi connectivity index (χ0v) is 11.8. The smallest absolute Gasteiger partial charge is 0.161 e. The van der Waals surface area contributed by atoms with E-state index in [4.69, 9.17) is 16.3 Å². The molecule has 0 radical (unpaired) electrons. The molecule has 98 valence electrons. The van der Waals surface area contributed by atoms with Crippen molar-refractivity contribution in [3.63, 3.8) is 0 Å². The third kappa shape index (κ3) is 2.28. The van der Waals surface area contributed by atoms with E-state index >= 15 is 0 Å². The highest BCUT2D eigenvalue weighted by Gasteiger charge is 2.22. The Balaban J connectivity index is 1.93. The first-order chi connectivity index (χ1) is 9.15. The van der Waals surface area contributed by atoms with Gasteiger partial charge in [-0.2, -0.15) is 0 Å². The summed E-state index contributed by atoms with van der Waals surface area (Å²) in [6, 6.07) is 12.2. The van der Waals surface area contributed by atoms with Crippen molar-refractivity contribution >= 4 is 17.3 Å². The molecule has 0 fully saturated rings. The number of halogens is 1. The molecule has 0 aromatic heterocycles. The van der Waals surface area contributed by atoms with Crippen molar-refractivity contribution in [3.05, 3.63) is 58.1 Å². The Labute approximate surface area is 118 Å². The fraction of sp³-hybridized carbons (Fsp3) is 0.250. The molecule has 1 aliphatic heterocycles. The lowest BCUT2D eigenvalue weighted by atomic mass is 10.0. The van der Waals surface area contributed by atoms with Gasteiger partial charge in [0, 0.05) is 0 Å². The van der Waals surface area contributed by atoms with Gasteiger partial charge < -0.3 is 10.1 Å². The summed E-state index contributed by atoms with van der Waals surface area (Å²) in [6.45, 7) is 5.00. The van der Waals surface area contributed by atoms with Crippen LogP contribution in [-0.4, -0.2) is 6.54 Å². The Morgan fingerprint density at radius 2 is 2.00 bits per heavy atom. The highest BCUT2D eigenvalue weighted by Crippen LogP contribution is 2.39. The minimum absolute atomic E-state index is 0.00620. The number of nitrogens with one attached hydrogen (secondary N) is 1. The third-order valence-electron chi connectivity index (χ3n) is 3.61. The molecular weight excluding hydrogens is 258 g/mol. The van der Waals surface area contributed by atoms with Gasteiger partial charge in [-0.1, -0.05) is 35.9 Å². The second-order valence-corrected chi connectivity index (χ2v) is 5.35. The van der Waals surface area contributed by atoms with Crippen LogP contribution in [0.3, 0.4) is 0 Å². The number of fused-ring (bicyclic) bond motifs is 1. The van der Waals surface area contributed by atoms with Gasteiger partial charge in [0.15, 0.2) is 5.75 Å². The van der Waals surface area contributed by atoms with Crippen LogP contribution in [0.2, 0.25) is 5.02 Å². The fourth-order valence-electron chi connectivity index (χ4n) is 2.31. The van der Waals surface area contributed by atoms with E-state index in [0.29, 0.717) is 5.02 Å². The van der Waals surface area contributed by atoms with Crippen LogP contribution in [0.5, 0.6) is 5.75 Å². The topological polar surface area (TPSA) is 21.3 Å². The molecule has 0 amide bonds. The van der Waals surface area contributed by atoms with E-state index in [1.54, 1.807) is 0 Å². The summed E-state index contributed by atoms with van der Waals surface area (Å²) in [5.74, 6) is 0.749. The van der Waals surface area contributed by atoms with E-state index in [0.717, 1.165) is 18.0 Å². The summed E-state index contributed by atoms with van der Waals surface area (Å²) in [5, 5.41) is 4.03. The lowest BCUT2D eigenvalue weighted by molar-refractivity contribution is 0.210. The SMILES string of the molecule is Cc1ccc(C2CNc3cccc(Cl)c3O2)cc1C. The van der Waals surface area contributed by atoms with E-state index in [9.17, 15) is 0 Å². The number of para-hydroxylation sites is 1. The monoisotopic (exact) mass is 273 g/mol. The first-order valence-electron chi connectivity index (χ1n) is 6.41. The van der Waals surface area contributed by atoms with Gasteiger partial charge in [0.25, 0.3) is 0 Å². The van der Waals surface area contributed by atoms with Gasteiger partial charge in [-0.3, -0.25) is 0 Å². The Hall–Kier alpha value is -1.67. The van der Waals surface area contributed by atoms with Gasteiger partial charge in [-0.25, -0.2) is 0 Å². The molecule has 0 saturated carbocycles. The number of ether oxygens (including phenoxy) is 1. The maximum atomic E-state index is 6.19. The van der Waals surface area contributed by atoms with E-state index < -0.39 is 0 Å². The molecule has 1 N–H and O–H groups in total. The molecule has 1 heterocycles. The molecule has 19 heavy (non-hydrogen) atoms. The first-order valence-corrected chi connectivity index (χ1v) is 6.79. The number of rotatable bonds is 1. The van der Waals surface area contributed by atoms with Crippen molar-refractivity contribution in [2.75, 3.05) is 11.9 Å². The van der Waals surface area contributed by atoms with Gasteiger partial charge >= 0.3 is 0 Å². The van der Waals surface area contributed by atoms with E-state index in [1.165, 1.54) is 16.7 Å². The number of hydrogen-bond acceptors (Lipinski definition) is 2. The van der Waals surface area contributed by atoms with Crippen LogP contribution in [0.25, 0.3) is 0 Å². The quantitative estimate of drug-likeness (QED) is 0.826. The van der Waals surface area contributed by atoms with E-state index in [-0.39, 0.29) is 6.10 Å². The van der Waals surface area contributed by atoms with Crippen molar-refractivity contribution in [3.8, 4) is 5.75 Å². The van der Waals surface area contributed by atoms with Crippen LogP contribution in [-0.2, 0) is 0 Å². The van der Waals surface area contributed by atoms with Gasteiger partial charge in [0.2, 0.25) is 0 Å². The van der Waals surface area contributed by atoms with Crippen LogP contribution in [0.1, 0.15) is 22.8 Å². The van der Waals surface area contributed by atoms with Gasteiger partial charge in [-0.15, -0.1) is 0 Å². The summed E-state index contributed by atoms with van der Waals surface area (Å²) < 4.78 is 6.05. The Bertz CT molecular complexity index is 624. The lowest BCUT2D eigenvalue weighted by Crippen LogP contribution is -2.23. The van der Waals surface area contributed by atoms with Gasteiger partial charge in [-0.05, 0) is 42.7 Å². The van der Waals surface area contributed by atoms with Crippen molar-refractivity contribution in [1.82, 2.24) is 0 Å². The van der Waals surface area contributed by atoms with E-state index in [2.05, 4.69) is 37.4 Å². The maximum Gasteiger partial charge on any atom is 0.161 e. The fourth-order valence-corrected chi connectivity index (χ4v) is 2.52. The zero-order valence-electron chi connectivity index (χ0n) is 11.0. The molecule has 0 bridgehead atoms. The maximum absolute atomic E-state index is 6.19. The van der Waals surface area contributed by atoms with E-state index in [1.807, 2.05) is 18.2 Å². The summed E-state index contributed by atoms with van der Waals surface area (Å²) in [6.07, 6.45) is 0.00620. The summed E-state index contributed by atoms with van der Waals surface area (Å²) in [7, 11) is 0. The minimum atomic E-state index is 0.00620. The predicted octanol–water partition coefficient (Wildman–Crippen LogP) is 4.50. The standard InChI is InChI=1S/C16H16ClNO/c1-10-6-7-12(8-11(10)2)15-9-18-14-5-3-4-13(17)16(14)19-15/h3-8,15,18H,9H2,1-2H3. The highest BCUT2D eigenvalue weighted by atomic mass is 35.5. The Kier molecular flexibility index (Phi) is 3.11. The predicted molar refractivity (Wildman–Crippen MR) is 79.2 cm³/mol. The number of benzene rings is 2. The molecular formula is C16H16ClNO. The highest BCUT2D eigenvalue weighted by molar-refractivity contribution is 6.32. The van der Waals surface area contributed by atoms with Crippen LogP contribution in [0.15, 0.2) is 36.4 Å². The second-order valence-electron chi connectivity index (χ2n) is 4.95. The molecule has 1 unspecified atom stereocenters. The normalized spacial score (nSPS) is 17.3. The molecule has 3 heteroatoms. The van der Waals surface area contributed by atoms with Gasteiger partial charge in [0.05, 0.1) is 17.3 Å². The summed E-state index contributed by atoms with van der Waals surface area (Å²) in [4.78, 5) is 0. The molecule has 0 aliphatic carbocycles. The molecule has 3 rings (SSSR count). The van der Waals surface area contributed by atoms with Crippen molar-refractivity contribution in [1.29, 1.82) is 0 Å². The van der Waals surface area contributed by atoms with Crippen molar-refractivity contribution in [2.45, 2.75) is 20.0 Å². The van der Waals surface area contributed by atoms with Gasteiger partial charge in [0.1, 0.15) is 6.10 Å². The molecule has 2 aromatic carbocycles. The average Bonchev–Trinajstić information content (AvgIpc) is 2.42. The first kappa shape index (κ1) is 12.4. The molecule has 1 atom stereocenters. The molecule has 2 aromatic rings.